The van der Waals surface area contributed by atoms with Crippen LogP contribution < -0.4 is 5.56 Å². The van der Waals surface area contributed by atoms with Gasteiger partial charge in [-0.15, -0.1) is 0 Å². The first-order valence-electron chi connectivity index (χ1n) is 7.91. The fourth-order valence-electron chi connectivity index (χ4n) is 2.74. The normalized spacial score (nSPS) is 11.1. The molecule has 0 aliphatic carbocycles. The number of carboxylic acid groups (broad SMARTS) is 1. The van der Waals surface area contributed by atoms with Gasteiger partial charge in [-0.1, -0.05) is 38.1 Å². The summed E-state index contributed by atoms with van der Waals surface area (Å²) in [6.45, 7) is 4.67. The van der Waals surface area contributed by atoms with E-state index in [1.165, 1.54) is 5.56 Å². The van der Waals surface area contributed by atoms with Crippen molar-refractivity contribution in [3.63, 3.8) is 0 Å². The zero-order chi connectivity index (χ0) is 17.3. The first-order valence-corrected chi connectivity index (χ1v) is 7.91. The number of hydrogen-bond acceptors (Lipinski definition) is 2. The lowest BCUT2D eigenvalue weighted by Crippen LogP contribution is -2.20. The number of carboxylic acids is 1. The van der Waals surface area contributed by atoms with E-state index in [4.69, 9.17) is 5.11 Å². The van der Waals surface area contributed by atoms with Crippen molar-refractivity contribution >= 4 is 16.7 Å². The smallest absolute Gasteiger partial charge is 0.335 e. The summed E-state index contributed by atoms with van der Waals surface area (Å²) in [5, 5.41) is 10.6. The molecule has 0 amide bonds. The molecule has 24 heavy (non-hydrogen) atoms. The predicted molar refractivity (Wildman–Crippen MR) is 94.8 cm³/mol. The maximum Gasteiger partial charge on any atom is 0.335 e. The zero-order valence-corrected chi connectivity index (χ0v) is 13.7. The molecule has 122 valence electrons. The van der Waals surface area contributed by atoms with E-state index < -0.39 is 5.97 Å². The van der Waals surface area contributed by atoms with Crippen LogP contribution in [0.5, 0.6) is 0 Å². The van der Waals surface area contributed by atoms with Crippen molar-refractivity contribution in [1.29, 1.82) is 0 Å². The Bertz CT molecular complexity index is 953. The van der Waals surface area contributed by atoms with Gasteiger partial charge in [0.1, 0.15) is 0 Å². The minimum Gasteiger partial charge on any atom is -0.478 e. The summed E-state index contributed by atoms with van der Waals surface area (Å²) in [7, 11) is 0. The van der Waals surface area contributed by atoms with Crippen LogP contribution >= 0.6 is 0 Å². The van der Waals surface area contributed by atoms with Crippen LogP contribution in [-0.2, 0) is 6.54 Å². The van der Waals surface area contributed by atoms with Crippen LogP contribution in [0.2, 0.25) is 0 Å². The van der Waals surface area contributed by atoms with Crippen LogP contribution in [0.1, 0.15) is 41.3 Å². The van der Waals surface area contributed by atoms with E-state index in [9.17, 15) is 9.59 Å². The van der Waals surface area contributed by atoms with Gasteiger partial charge in [-0.05, 0) is 46.7 Å². The Morgan fingerprint density at radius 1 is 1.08 bits per heavy atom. The van der Waals surface area contributed by atoms with Gasteiger partial charge >= 0.3 is 5.97 Å². The van der Waals surface area contributed by atoms with Crippen molar-refractivity contribution in [2.45, 2.75) is 26.3 Å². The number of pyridine rings is 1. The molecule has 1 N–H and O–H groups in total. The average molecular weight is 321 g/mol. The van der Waals surface area contributed by atoms with E-state index in [-0.39, 0.29) is 11.1 Å². The summed E-state index contributed by atoms with van der Waals surface area (Å²) >= 11 is 0. The van der Waals surface area contributed by atoms with Gasteiger partial charge in [-0.25, -0.2) is 4.79 Å². The van der Waals surface area contributed by atoms with Crippen molar-refractivity contribution in [2.24, 2.45) is 0 Å². The van der Waals surface area contributed by atoms with Crippen molar-refractivity contribution in [3.8, 4) is 0 Å². The van der Waals surface area contributed by atoms with Gasteiger partial charge in [0.2, 0.25) is 0 Å². The number of rotatable bonds is 4. The Labute approximate surface area is 140 Å². The molecular weight excluding hydrogens is 302 g/mol. The quantitative estimate of drug-likeness (QED) is 0.793. The molecule has 3 aromatic rings. The van der Waals surface area contributed by atoms with E-state index >= 15 is 0 Å². The van der Waals surface area contributed by atoms with E-state index in [1.54, 1.807) is 35.0 Å². The largest absolute Gasteiger partial charge is 0.478 e. The van der Waals surface area contributed by atoms with E-state index in [1.807, 2.05) is 18.2 Å². The topological polar surface area (TPSA) is 59.3 Å². The molecule has 3 rings (SSSR count). The third-order valence-corrected chi connectivity index (χ3v) is 4.22. The number of fused-ring (bicyclic) bond motifs is 1. The lowest BCUT2D eigenvalue weighted by molar-refractivity contribution is 0.0697. The molecule has 0 aliphatic rings. The van der Waals surface area contributed by atoms with Gasteiger partial charge < -0.3 is 9.67 Å². The van der Waals surface area contributed by atoms with Gasteiger partial charge in [0.15, 0.2) is 0 Å². The third kappa shape index (κ3) is 3.08. The first kappa shape index (κ1) is 16.0. The molecule has 0 saturated heterocycles. The van der Waals surface area contributed by atoms with Gasteiger partial charge in [0.05, 0.1) is 12.1 Å². The second-order valence-corrected chi connectivity index (χ2v) is 6.25. The highest BCUT2D eigenvalue weighted by molar-refractivity contribution is 5.87. The van der Waals surface area contributed by atoms with Crippen LogP contribution in [0.15, 0.2) is 59.5 Å². The fraction of sp³-hybridized carbons (Fsp3) is 0.200. The molecule has 0 radical (unpaired) electrons. The minimum absolute atomic E-state index is 0.0369. The van der Waals surface area contributed by atoms with Crippen molar-refractivity contribution in [3.05, 3.63) is 81.8 Å². The van der Waals surface area contributed by atoms with Crippen LogP contribution in [0.3, 0.4) is 0 Å². The van der Waals surface area contributed by atoms with Crippen molar-refractivity contribution in [1.82, 2.24) is 4.57 Å². The van der Waals surface area contributed by atoms with Crippen LogP contribution in [0.4, 0.5) is 0 Å². The van der Waals surface area contributed by atoms with Gasteiger partial charge in [0, 0.05) is 11.6 Å². The summed E-state index contributed by atoms with van der Waals surface area (Å²) in [5.74, 6) is -0.532. The Hall–Kier alpha value is -2.88. The second-order valence-electron chi connectivity index (χ2n) is 6.25. The molecule has 0 saturated carbocycles. The number of carbonyl (C=O) groups is 1. The summed E-state index contributed by atoms with van der Waals surface area (Å²) in [6, 6.07) is 14.5. The highest BCUT2D eigenvalue weighted by Crippen LogP contribution is 2.19. The highest BCUT2D eigenvalue weighted by Gasteiger charge is 2.07. The monoisotopic (exact) mass is 321 g/mol. The Kier molecular flexibility index (Phi) is 4.21. The third-order valence-electron chi connectivity index (χ3n) is 4.22. The van der Waals surface area contributed by atoms with Crippen molar-refractivity contribution in [2.75, 3.05) is 0 Å². The van der Waals surface area contributed by atoms with Crippen LogP contribution in [-0.4, -0.2) is 15.6 Å². The number of benzene rings is 2. The number of hydrogen-bond donors (Lipinski definition) is 1. The highest BCUT2D eigenvalue weighted by atomic mass is 16.4. The van der Waals surface area contributed by atoms with E-state index in [0.29, 0.717) is 17.8 Å². The van der Waals surface area contributed by atoms with Crippen molar-refractivity contribution < 1.29 is 9.90 Å². The summed E-state index contributed by atoms with van der Waals surface area (Å²) in [4.78, 5) is 23.5. The van der Waals surface area contributed by atoms with Gasteiger partial charge in [0.25, 0.3) is 5.56 Å². The Balaban J connectivity index is 1.95. The second kappa shape index (κ2) is 6.32. The van der Waals surface area contributed by atoms with Crippen LogP contribution in [0, 0.1) is 0 Å². The maximum absolute atomic E-state index is 12.7. The SMILES string of the molecule is CC(C)c1ccc2c(=O)n(Cc3ccc(C(=O)O)cc3)ccc2c1. The van der Waals surface area contributed by atoms with E-state index in [0.717, 1.165) is 10.9 Å². The Morgan fingerprint density at radius 3 is 2.42 bits per heavy atom. The number of nitrogens with zero attached hydrogens (tertiary/aromatic N) is 1. The molecule has 1 aromatic heterocycles. The molecular formula is C20H19NO3. The van der Waals surface area contributed by atoms with Gasteiger partial charge in [-0.3, -0.25) is 4.79 Å². The molecule has 2 aromatic carbocycles. The van der Waals surface area contributed by atoms with Crippen LogP contribution in [0.25, 0.3) is 10.8 Å². The number of aromatic carboxylic acids is 1. The molecule has 0 bridgehead atoms. The zero-order valence-electron chi connectivity index (χ0n) is 13.7. The molecule has 0 fully saturated rings. The summed E-state index contributed by atoms with van der Waals surface area (Å²) in [5.41, 5.74) is 2.31. The molecule has 4 heteroatoms. The molecule has 0 aliphatic heterocycles. The summed E-state index contributed by atoms with van der Waals surface area (Å²) in [6.07, 6.45) is 1.79. The molecule has 0 spiro atoms. The van der Waals surface area contributed by atoms with E-state index in [2.05, 4.69) is 19.9 Å². The summed E-state index contributed by atoms with van der Waals surface area (Å²) < 4.78 is 1.65. The number of aromatic nitrogens is 1. The fourth-order valence-corrected chi connectivity index (χ4v) is 2.74. The maximum atomic E-state index is 12.7. The lowest BCUT2D eigenvalue weighted by atomic mass is 10.00. The molecule has 1 heterocycles. The first-order chi connectivity index (χ1) is 11.5. The molecule has 4 nitrogen and oxygen atoms in total. The lowest BCUT2D eigenvalue weighted by Gasteiger charge is -2.10. The molecule has 0 unspecified atom stereocenters. The average Bonchev–Trinajstić information content (AvgIpc) is 2.57. The minimum atomic E-state index is -0.953. The molecule has 0 atom stereocenters. The van der Waals surface area contributed by atoms with Gasteiger partial charge in [-0.2, -0.15) is 0 Å². The predicted octanol–water partition coefficient (Wildman–Crippen LogP) is 3.87. The standard InChI is InChI=1S/C20H19NO3/c1-13(2)16-7-8-18-17(11-16)9-10-21(19(18)22)12-14-3-5-15(6-4-14)20(23)24/h3-11,13H,12H2,1-2H3,(H,23,24). The Morgan fingerprint density at radius 2 is 1.79 bits per heavy atom.